The predicted octanol–water partition coefficient (Wildman–Crippen LogP) is 9.22. The van der Waals surface area contributed by atoms with Crippen molar-refractivity contribution in [3.05, 3.63) is 0 Å². The lowest BCUT2D eigenvalue weighted by molar-refractivity contribution is -0.00452. The van der Waals surface area contributed by atoms with Crippen molar-refractivity contribution in [2.24, 2.45) is 0 Å². The molecule has 0 atom stereocenters. The van der Waals surface area contributed by atoms with E-state index in [4.69, 9.17) is 18.9 Å². The maximum absolute atomic E-state index is 5.47. The number of ether oxygens (including phenoxy) is 4. The summed E-state index contributed by atoms with van der Waals surface area (Å²) in [7, 11) is 0. The molecule has 33 heavy (non-hydrogen) atoms. The Hall–Kier alpha value is 0.320. The lowest BCUT2D eigenvalue weighted by Crippen LogP contribution is -2.20. The molecule has 0 aromatic carbocycles. The van der Waals surface area contributed by atoms with Crippen LogP contribution in [0.15, 0.2) is 0 Å². The normalized spacial score (nSPS) is 12.0. The van der Waals surface area contributed by atoms with Crippen LogP contribution in [-0.2, 0) is 18.9 Å². The Bertz CT molecular complexity index is 351. The molecule has 0 aromatic rings. The molecule has 0 aliphatic carbocycles. The Morgan fingerprint density at radius 2 is 0.727 bits per heavy atom. The van der Waals surface area contributed by atoms with Gasteiger partial charge in [-0.15, -0.1) is 0 Å². The third-order valence-corrected chi connectivity index (χ3v) is 3.58. The standard InChI is InChI=1S/2C8H18O.C6H13BrO.C6H14O/c2*1-5-6-7-9-8(2,3)4;1-6(2,3)8-5-4-7;1-5-7-6(2,3)4/h2*5-7H2,1-4H3;4-5H2,1-3H3;5H2,1-4H3. The molecule has 0 unspecified atom stereocenters. The Labute approximate surface area is 218 Å². The van der Waals surface area contributed by atoms with Crippen molar-refractivity contribution in [3.8, 4) is 0 Å². The Morgan fingerprint density at radius 3 is 0.848 bits per heavy atom. The highest BCUT2D eigenvalue weighted by Gasteiger charge is 2.09. The zero-order valence-corrected chi connectivity index (χ0v) is 27.0. The molecule has 0 aliphatic rings. The molecule has 0 N–H and O–H groups in total. The summed E-state index contributed by atoms with van der Waals surface area (Å²) in [5, 5.41) is 0.921. The largest absolute Gasteiger partial charge is 0.376 e. The highest BCUT2D eigenvalue weighted by atomic mass is 79.9. The van der Waals surface area contributed by atoms with Crippen LogP contribution in [0.4, 0.5) is 0 Å². The van der Waals surface area contributed by atoms with Crippen LogP contribution >= 0.6 is 15.9 Å². The monoisotopic (exact) mass is 542 g/mol. The molecule has 0 bridgehead atoms. The summed E-state index contributed by atoms with van der Waals surface area (Å²) in [5.74, 6) is 0. The van der Waals surface area contributed by atoms with Crippen LogP contribution in [0.1, 0.15) is 130 Å². The zero-order chi connectivity index (χ0) is 27.2. The summed E-state index contributed by atoms with van der Waals surface area (Å²) in [6.07, 6.45) is 4.79. The Balaban J connectivity index is -0.000000171. The van der Waals surface area contributed by atoms with Gasteiger partial charge in [0.2, 0.25) is 0 Å². The topological polar surface area (TPSA) is 36.9 Å². The molecule has 5 heteroatoms. The van der Waals surface area contributed by atoms with Crippen LogP contribution in [0.5, 0.6) is 0 Å². The second-order valence-corrected chi connectivity index (χ2v) is 12.6. The van der Waals surface area contributed by atoms with E-state index in [9.17, 15) is 0 Å². The first-order valence-electron chi connectivity index (χ1n) is 12.9. The molecule has 0 aliphatic heterocycles. The van der Waals surface area contributed by atoms with E-state index in [1.54, 1.807) is 0 Å². The maximum Gasteiger partial charge on any atom is 0.0598 e. The molecular formula is C28H63BrO4. The van der Waals surface area contributed by atoms with E-state index >= 15 is 0 Å². The van der Waals surface area contributed by atoms with E-state index in [0.717, 1.165) is 31.8 Å². The quantitative estimate of drug-likeness (QED) is 0.215. The summed E-state index contributed by atoms with van der Waals surface area (Å²) < 4.78 is 21.5. The van der Waals surface area contributed by atoms with Crippen LogP contribution in [0.2, 0.25) is 0 Å². The van der Waals surface area contributed by atoms with E-state index in [-0.39, 0.29) is 22.4 Å². The van der Waals surface area contributed by atoms with Crippen LogP contribution < -0.4 is 0 Å². The fraction of sp³-hybridized carbons (Fsp3) is 1.00. The molecule has 0 rings (SSSR count). The molecule has 0 radical (unpaired) electrons. The molecule has 0 amide bonds. The highest BCUT2D eigenvalue weighted by molar-refractivity contribution is 9.09. The van der Waals surface area contributed by atoms with Gasteiger partial charge in [0.25, 0.3) is 0 Å². The Morgan fingerprint density at radius 1 is 0.455 bits per heavy atom. The van der Waals surface area contributed by atoms with Gasteiger partial charge in [-0.1, -0.05) is 42.6 Å². The molecule has 0 heterocycles. The van der Waals surface area contributed by atoms with Gasteiger partial charge in [-0.2, -0.15) is 0 Å². The second-order valence-electron chi connectivity index (χ2n) is 11.8. The molecular weight excluding hydrogens is 480 g/mol. The maximum atomic E-state index is 5.47. The predicted molar refractivity (Wildman–Crippen MR) is 152 cm³/mol. The van der Waals surface area contributed by atoms with Crippen molar-refractivity contribution in [1.82, 2.24) is 0 Å². The SMILES string of the molecule is CC(C)(C)OCCBr.CCCCOC(C)(C)C.CCCCOC(C)(C)C.CCOC(C)(C)C. The highest BCUT2D eigenvalue weighted by Crippen LogP contribution is 2.08. The van der Waals surface area contributed by atoms with Gasteiger partial charge >= 0.3 is 0 Å². The third kappa shape index (κ3) is 65.4. The number of hydrogen-bond donors (Lipinski definition) is 0. The average molecular weight is 544 g/mol. The van der Waals surface area contributed by atoms with Gasteiger partial charge in [0.1, 0.15) is 0 Å². The molecule has 4 nitrogen and oxygen atoms in total. The van der Waals surface area contributed by atoms with Crippen LogP contribution in [0.3, 0.4) is 0 Å². The van der Waals surface area contributed by atoms with E-state index in [1.807, 2.05) is 6.92 Å². The van der Waals surface area contributed by atoms with E-state index < -0.39 is 0 Å². The summed E-state index contributed by atoms with van der Waals surface area (Å²) >= 11 is 3.28. The van der Waals surface area contributed by atoms with Crippen LogP contribution in [0.25, 0.3) is 0 Å². The van der Waals surface area contributed by atoms with Gasteiger partial charge in [0.05, 0.1) is 29.0 Å². The molecule has 0 aromatic heterocycles. The zero-order valence-electron chi connectivity index (χ0n) is 25.4. The van der Waals surface area contributed by atoms with Gasteiger partial charge in [0.15, 0.2) is 0 Å². The van der Waals surface area contributed by atoms with Crippen LogP contribution in [-0.4, -0.2) is 54.2 Å². The van der Waals surface area contributed by atoms with Crippen molar-refractivity contribution in [3.63, 3.8) is 0 Å². The van der Waals surface area contributed by atoms with E-state index in [1.165, 1.54) is 25.7 Å². The van der Waals surface area contributed by atoms with Crippen molar-refractivity contribution in [2.45, 2.75) is 152 Å². The van der Waals surface area contributed by atoms with Gasteiger partial charge in [-0.05, 0) is 103 Å². The Kier molecular flexibility index (Phi) is 27.9. The minimum Gasteiger partial charge on any atom is -0.376 e. The molecule has 0 saturated heterocycles. The summed E-state index contributed by atoms with van der Waals surface area (Å²) in [6.45, 7) is 34.6. The summed E-state index contributed by atoms with van der Waals surface area (Å²) in [4.78, 5) is 0. The fourth-order valence-corrected chi connectivity index (χ4v) is 1.99. The average Bonchev–Trinajstić information content (AvgIpc) is 2.58. The fourth-order valence-electron chi connectivity index (χ4n) is 1.82. The number of unbranched alkanes of at least 4 members (excludes halogenated alkanes) is 2. The number of halogens is 1. The first kappa shape index (κ1) is 40.5. The number of hydrogen-bond acceptors (Lipinski definition) is 4. The van der Waals surface area contributed by atoms with Crippen molar-refractivity contribution in [2.75, 3.05) is 31.8 Å². The van der Waals surface area contributed by atoms with Crippen molar-refractivity contribution < 1.29 is 18.9 Å². The second kappa shape index (κ2) is 22.8. The van der Waals surface area contributed by atoms with Gasteiger partial charge in [0, 0.05) is 25.2 Å². The van der Waals surface area contributed by atoms with Gasteiger partial charge in [-0.3, -0.25) is 0 Å². The van der Waals surface area contributed by atoms with Gasteiger partial charge in [-0.25, -0.2) is 0 Å². The van der Waals surface area contributed by atoms with Crippen molar-refractivity contribution in [1.29, 1.82) is 0 Å². The summed E-state index contributed by atoms with van der Waals surface area (Å²) in [5.41, 5.74) is 0.173. The minimum atomic E-state index is 0.0216. The molecule has 0 spiro atoms. The summed E-state index contributed by atoms with van der Waals surface area (Å²) in [6, 6.07) is 0. The number of alkyl halides is 1. The third-order valence-electron chi connectivity index (χ3n) is 3.26. The molecule has 206 valence electrons. The van der Waals surface area contributed by atoms with Gasteiger partial charge < -0.3 is 18.9 Å². The molecule has 0 fully saturated rings. The first-order chi connectivity index (χ1) is 14.7. The van der Waals surface area contributed by atoms with Crippen LogP contribution in [0, 0.1) is 0 Å². The molecule has 0 saturated carbocycles. The van der Waals surface area contributed by atoms with E-state index in [0.29, 0.717) is 0 Å². The number of rotatable bonds is 9. The van der Waals surface area contributed by atoms with Crippen molar-refractivity contribution >= 4 is 15.9 Å². The minimum absolute atomic E-state index is 0.0216. The van der Waals surface area contributed by atoms with E-state index in [2.05, 4.69) is 113 Å². The first-order valence-corrected chi connectivity index (χ1v) is 14.0. The lowest BCUT2D eigenvalue weighted by Gasteiger charge is -2.18. The lowest BCUT2D eigenvalue weighted by atomic mass is 10.2. The smallest absolute Gasteiger partial charge is 0.0598 e.